The molecular weight excluding hydrogens is 577 g/mol. The minimum atomic E-state index is -0.329. The number of methoxy groups -OCH3 is 1. The first-order valence-electron chi connectivity index (χ1n) is 12.3. The van der Waals surface area contributed by atoms with Gasteiger partial charge in [0.05, 0.1) is 24.2 Å². The number of aromatic nitrogens is 2. The quantitative estimate of drug-likeness (QED) is 0.182. The zero-order chi connectivity index (χ0) is 27.6. The summed E-state index contributed by atoms with van der Waals surface area (Å²) >= 11 is 3.48. The number of hydrogen-bond donors (Lipinski definition) is 0. The molecule has 2 aromatic heterocycles. The normalized spacial score (nSPS) is 11.5. The highest BCUT2D eigenvalue weighted by atomic mass is 79.9. The van der Waals surface area contributed by atoms with Crippen molar-refractivity contribution >= 4 is 44.0 Å². The van der Waals surface area contributed by atoms with Gasteiger partial charge in [0.15, 0.2) is 17.3 Å². The Kier molecular flexibility index (Phi) is 6.88. The molecule has 0 aliphatic carbocycles. The summed E-state index contributed by atoms with van der Waals surface area (Å²) in [7, 11) is 1.54. The number of ether oxygens (including phenoxy) is 2. The lowest BCUT2D eigenvalue weighted by atomic mass is 10.2. The van der Waals surface area contributed by atoms with Crippen molar-refractivity contribution in [1.29, 1.82) is 0 Å². The van der Waals surface area contributed by atoms with Crippen molar-refractivity contribution in [1.82, 2.24) is 9.66 Å². The molecule has 0 saturated carbocycles. The van der Waals surface area contributed by atoms with E-state index in [9.17, 15) is 9.18 Å². The lowest BCUT2D eigenvalue weighted by Crippen LogP contribution is -2.20. The Morgan fingerprint density at radius 3 is 2.65 bits per heavy atom. The number of fused-ring (bicyclic) bond motifs is 2. The van der Waals surface area contributed by atoms with Crippen LogP contribution in [-0.4, -0.2) is 23.0 Å². The molecule has 7 nitrogen and oxygen atoms in total. The lowest BCUT2D eigenvalue weighted by molar-refractivity contribution is 0.284. The molecule has 0 bridgehead atoms. The van der Waals surface area contributed by atoms with Crippen molar-refractivity contribution in [2.24, 2.45) is 5.10 Å². The van der Waals surface area contributed by atoms with E-state index in [1.807, 2.05) is 30.3 Å². The van der Waals surface area contributed by atoms with Crippen molar-refractivity contribution in [3.8, 4) is 23.1 Å². The van der Waals surface area contributed by atoms with Gasteiger partial charge in [-0.2, -0.15) is 9.78 Å². The molecule has 198 valence electrons. The smallest absolute Gasteiger partial charge is 0.282 e. The van der Waals surface area contributed by atoms with E-state index < -0.39 is 0 Å². The van der Waals surface area contributed by atoms with Crippen LogP contribution in [0.4, 0.5) is 4.39 Å². The summed E-state index contributed by atoms with van der Waals surface area (Å²) in [4.78, 5) is 18.2. The Labute approximate surface area is 236 Å². The van der Waals surface area contributed by atoms with E-state index in [0.29, 0.717) is 39.3 Å². The van der Waals surface area contributed by atoms with E-state index in [2.05, 4.69) is 21.0 Å². The zero-order valence-electron chi connectivity index (χ0n) is 21.2. The molecule has 0 amide bonds. The van der Waals surface area contributed by atoms with Crippen LogP contribution in [0.15, 0.2) is 110 Å². The summed E-state index contributed by atoms with van der Waals surface area (Å²) in [5.74, 6) is 1.39. The van der Waals surface area contributed by atoms with E-state index in [0.717, 1.165) is 15.4 Å². The molecule has 0 unspecified atom stereocenters. The third-order valence-corrected chi connectivity index (χ3v) is 6.76. The molecule has 9 heteroatoms. The van der Waals surface area contributed by atoms with Gasteiger partial charge in [-0.1, -0.05) is 40.2 Å². The summed E-state index contributed by atoms with van der Waals surface area (Å²) in [5.41, 5.74) is 2.37. The van der Waals surface area contributed by atoms with E-state index in [4.69, 9.17) is 18.9 Å². The van der Waals surface area contributed by atoms with E-state index in [1.165, 1.54) is 23.9 Å². The monoisotopic (exact) mass is 597 g/mol. The molecule has 0 atom stereocenters. The van der Waals surface area contributed by atoms with Gasteiger partial charge in [0.2, 0.25) is 5.82 Å². The van der Waals surface area contributed by atoms with E-state index in [1.54, 1.807) is 54.7 Å². The Morgan fingerprint density at radius 1 is 1.00 bits per heavy atom. The second-order valence-corrected chi connectivity index (χ2v) is 9.85. The van der Waals surface area contributed by atoms with Crippen LogP contribution in [-0.2, 0) is 6.61 Å². The molecule has 2 heterocycles. The summed E-state index contributed by atoms with van der Waals surface area (Å²) in [6.07, 6.45) is 1.55. The molecule has 0 radical (unpaired) electrons. The van der Waals surface area contributed by atoms with Crippen LogP contribution in [0.5, 0.6) is 11.5 Å². The molecule has 0 N–H and O–H groups in total. The van der Waals surface area contributed by atoms with Crippen molar-refractivity contribution in [2.75, 3.05) is 7.11 Å². The molecule has 0 spiro atoms. The highest BCUT2D eigenvalue weighted by Gasteiger charge is 2.17. The number of rotatable bonds is 7. The zero-order valence-corrected chi connectivity index (χ0v) is 22.8. The molecule has 0 aliphatic heterocycles. The first-order chi connectivity index (χ1) is 19.5. The van der Waals surface area contributed by atoms with Gasteiger partial charge in [-0.25, -0.2) is 9.37 Å². The number of halogens is 2. The average molecular weight is 598 g/mol. The summed E-state index contributed by atoms with van der Waals surface area (Å²) in [6, 6.07) is 26.0. The van der Waals surface area contributed by atoms with E-state index >= 15 is 0 Å². The Hall–Kier alpha value is -4.76. The minimum Gasteiger partial charge on any atom is -0.493 e. The standard InChI is InChI=1S/C31H21BrFN3O4/c1-38-28-14-20(8-12-27(28)39-18-19-6-10-23(33)11-7-19)17-34-36-30(35-25-5-3-2-4-24(25)31(36)37)29-16-21-15-22(32)9-13-26(21)40-29/h2-17H,18H2,1H3. The predicted octanol–water partition coefficient (Wildman–Crippen LogP) is 7.18. The van der Waals surface area contributed by atoms with Gasteiger partial charge in [0.1, 0.15) is 18.0 Å². The van der Waals surface area contributed by atoms with Crippen LogP contribution < -0.4 is 15.0 Å². The molecule has 40 heavy (non-hydrogen) atoms. The number of furan rings is 1. The Morgan fingerprint density at radius 2 is 1.82 bits per heavy atom. The number of benzene rings is 4. The molecule has 0 aliphatic rings. The van der Waals surface area contributed by atoms with Crippen LogP contribution in [0, 0.1) is 5.82 Å². The third kappa shape index (κ3) is 5.11. The summed E-state index contributed by atoms with van der Waals surface area (Å²) in [6.45, 7) is 0.250. The number of para-hydroxylation sites is 1. The molecule has 4 aromatic carbocycles. The summed E-state index contributed by atoms with van der Waals surface area (Å²) in [5, 5.41) is 5.81. The Balaban J connectivity index is 1.36. The largest absolute Gasteiger partial charge is 0.493 e. The lowest BCUT2D eigenvalue weighted by Gasteiger charge is -2.11. The van der Waals surface area contributed by atoms with Gasteiger partial charge < -0.3 is 13.9 Å². The second-order valence-electron chi connectivity index (χ2n) is 8.93. The van der Waals surface area contributed by atoms with Crippen LogP contribution in [0.3, 0.4) is 0 Å². The first kappa shape index (κ1) is 25.5. The average Bonchev–Trinajstić information content (AvgIpc) is 3.39. The highest BCUT2D eigenvalue weighted by molar-refractivity contribution is 9.10. The molecular formula is C31H21BrFN3O4. The fourth-order valence-corrected chi connectivity index (χ4v) is 4.64. The fraction of sp³-hybridized carbons (Fsp3) is 0.0645. The topological polar surface area (TPSA) is 78.9 Å². The highest BCUT2D eigenvalue weighted by Crippen LogP contribution is 2.30. The molecule has 0 fully saturated rings. The predicted molar refractivity (Wildman–Crippen MR) is 156 cm³/mol. The number of nitrogens with zero attached hydrogens (tertiary/aromatic N) is 3. The van der Waals surface area contributed by atoms with Crippen LogP contribution >= 0.6 is 15.9 Å². The van der Waals surface area contributed by atoms with Crippen LogP contribution in [0.25, 0.3) is 33.5 Å². The van der Waals surface area contributed by atoms with E-state index in [-0.39, 0.29) is 23.8 Å². The van der Waals surface area contributed by atoms with Crippen molar-refractivity contribution < 1.29 is 18.3 Å². The third-order valence-electron chi connectivity index (χ3n) is 6.27. The second kappa shape index (κ2) is 10.8. The van der Waals surface area contributed by atoms with Gasteiger partial charge in [-0.15, -0.1) is 0 Å². The first-order valence-corrected chi connectivity index (χ1v) is 13.1. The minimum absolute atomic E-state index is 0.250. The number of hydrogen-bond acceptors (Lipinski definition) is 6. The van der Waals surface area contributed by atoms with Gasteiger partial charge in [0, 0.05) is 9.86 Å². The molecule has 0 saturated heterocycles. The molecule has 6 aromatic rings. The maximum absolute atomic E-state index is 13.5. The van der Waals surface area contributed by atoms with Crippen LogP contribution in [0.2, 0.25) is 0 Å². The SMILES string of the molecule is COc1cc(C=Nn2c(-c3cc4cc(Br)ccc4o3)nc3ccccc3c2=O)ccc1OCc1ccc(F)cc1. The maximum Gasteiger partial charge on any atom is 0.282 e. The fourth-order valence-electron chi connectivity index (χ4n) is 4.26. The van der Waals surface area contributed by atoms with Gasteiger partial charge in [-0.05, 0) is 77.9 Å². The Bertz CT molecular complexity index is 1950. The van der Waals surface area contributed by atoms with Gasteiger partial charge in [0.25, 0.3) is 5.56 Å². The van der Waals surface area contributed by atoms with Gasteiger partial charge in [-0.3, -0.25) is 4.79 Å². The van der Waals surface area contributed by atoms with Crippen LogP contribution in [0.1, 0.15) is 11.1 Å². The summed E-state index contributed by atoms with van der Waals surface area (Å²) < 4.78 is 32.8. The maximum atomic E-state index is 13.5. The van der Waals surface area contributed by atoms with Crippen molar-refractivity contribution in [2.45, 2.75) is 6.61 Å². The van der Waals surface area contributed by atoms with Crippen molar-refractivity contribution in [3.63, 3.8) is 0 Å². The molecule has 6 rings (SSSR count). The van der Waals surface area contributed by atoms with Crippen molar-refractivity contribution in [3.05, 3.63) is 123 Å². The van der Waals surface area contributed by atoms with Gasteiger partial charge >= 0.3 is 0 Å².